The van der Waals surface area contributed by atoms with Crippen LogP contribution >= 0.6 is 0 Å². The Bertz CT molecular complexity index is 345. The van der Waals surface area contributed by atoms with E-state index < -0.39 is 0 Å². The molecule has 0 aromatic rings. The topological polar surface area (TPSA) is 82.4 Å². The predicted octanol–water partition coefficient (Wildman–Crippen LogP) is -0.721. The van der Waals surface area contributed by atoms with E-state index in [-0.39, 0.29) is 25.2 Å². The number of nitrogens with zero attached hydrogens (tertiary/aromatic N) is 3. The lowest BCUT2D eigenvalue weighted by Gasteiger charge is -2.34. The van der Waals surface area contributed by atoms with Crippen molar-refractivity contribution in [1.29, 1.82) is 0 Å². The second-order valence-corrected chi connectivity index (χ2v) is 8.19. The van der Waals surface area contributed by atoms with Crippen molar-refractivity contribution in [2.45, 2.75) is 26.7 Å². The van der Waals surface area contributed by atoms with E-state index in [0.29, 0.717) is 0 Å². The minimum atomic E-state index is -0.109. The van der Waals surface area contributed by atoms with Crippen molar-refractivity contribution in [3.8, 4) is 0 Å². The van der Waals surface area contributed by atoms with Crippen molar-refractivity contribution in [3.63, 3.8) is 0 Å². The van der Waals surface area contributed by atoms with E-state index in [4.69, 9.17) is 0 Å². The van der Waals surface area contributed by atoms with Gasteiger partial charge in [0.25, 0.3) is 0 Å². The Morgan fingerprint density at radius 1 is 0.731 bits per heavy atom. The number of hydrogen-bond donors (Lipinski definition) is 4. The summed E-state index contributed by atoms with van der Waals surface area (Å²) in [6.45, 7) is 14.9. The molecule has 0 aromatic carbocycles. The number of nitrogens with one attached hydrogen (secondary N) is 1. The molecule has 1 aliphatic rings. The van der Waals surface area contributed by atoms with Crippen LogP contribution in [-0.4, -0.2) is 122 Å². The standard InChI is InChI=1S/C19H42N4O3/c1-19(2,18-26)17-23-9-4-8-21(13-15-24)10-6-20-5-3-7-22(11-12-23)14-16-25/h20,24-26H,3-18H2,1-2H3. The third kappa shape index (κ3) is 10.8. The van der Waals surface area contributed by atoms with Gasteiger partial charge in [0.1, 0.15) is 0 Å². The Labute approximate surface area is 160 Å². The Morgan fingerprint density at radius 3 is 1.96 bits per heavy atom. The molecule has 0 unspecified atom stereocenters. The normalized spacial score (nSPS) is 21.6. The predicted molar refractivity (Wildman–Crippen MR) is 106 cm³/mol. The van der Waals surface area contributed by atoms with E-state index in [1.54, 1.807) is 0 Å². The van der Waals surface area contributed by atoms with Crippen LogP contribution in [0.15, 0.2) is 0 Å². The molecular weight excluding hydrogens is 332 g/mol. The second kappa shape index (κ2) is 13.8. The lowest BCUT2D eigenvalue weighted by Crippen LogP contribution is -2.44. The first-order chi connectivity index (χ1) is 12.5. The first kappa shape index (κ1) is 23.8. The second-order valence-electron chi connectivity index (χ2n) is 8.19. The maximum absolute atomic E-state index is 9.64. The van der Waals surface area contributed by atoms with Crippen molar-refractivity contribution in [2.75, 3.05) is 91.8 Å². The smallest absolute Gasteiger partial charge is 0.0558 e. The first-order valence-corrected chi connectivity index (χ1v) is 10.2. The Balaban J connectivity index is 2.67. The molecule has 1 saturated heterocycles. The zero-order valence-corrected chi connectivity index (χ0v) is 17.0. The monoisotopic (exact) mass is 374 g/mol. The highest BCUT2D eigenvalue weighted by Crippen LogP contribution is 2.16. The average Bonchev–Trinajstić information content (AvgIpc) is 2.61. The largest absolute Gasteiger partial charge is 0.396 e. The third-order valence-corrected chi connectivity index (χ3v) is 5.03. The van der Waals surface area contributed by atoms with Crippen molar-refractivity contribution in [3.05, 3.63) is 0 Å². The summed E-state index contributed by atoms with van der Waals surface area (Å²) in [5.41, 5.74) is -0.109. The van der Waals surface area contributed by atoms with E-state index in [1.807, 2.05) is 0 Å². The van der Waals surface area contributed by atoms with Gasteiger partial charge in [-0.15, -0.1) is 0 Å². The zero-order chi connectivity index (χ0) is 19.3. The quantitative estimate of drug-likeness (QED) is 0.468. The van der Waals surface area contributed by atoms with E-state index in [0.717, 1.165) is 84.8 Å². The van der Waals surface area contributed by atoms with Crippen LogP contribution in [-0.2, 0) is 0 Å². The number of aliphatic hydroxyl groups is 3. The van der Waals surface area contributed by atoms with Crippen molar-refractivity contribution in [2.24, 2.45) is 5.41 Å². The van der Waals surface area contributed by atoms with Gasteiger partial charge in [0.15, 0.2) is 0 Å². The summed E-state index contributed by atoms with van der Waals surface area (Å²) >= 11 is 0. The zero-order valence-electron chi connectivity index (χ0n) is 17.0. The lowest BCUT2D eigenvalue weighted by molar-refractivity contribution is 0.0881. The summed E-state index contributed by atoms with van der Waals surface area (Å²) in [6.07, 6.45) is 2.13. The fourth-order valence-electron chi connectivity index (χ4n) is 3.47. The van der Waals surface area contributed by atoms with E-state index in [2.05, 4.69) is 33.9 Å². The van der Waals surface area contributed by atoms with Gasteiger partial charge in [-0.2, -0.15) is 0 Å². The summed E-state index contributed by atoms with van der Waals surface area (Å²) in [5, 5.41) is 31.7. The van der Waals surface area contributed by atoms with Gasteiger partial charge in [-0.05, 0) is 39.0 Å². The molecule has 7 nitrogen and oxygen atoms in total. The van der Waals surface area contributed by atoms with Crippen LogP contribution in [0.4, 0.5) is 0 Å². The van der Waals surface area contributed by atoms with Crippen LogP contribution in [0.3, 0.4) is 0 Å². The highest BCUT2D eigenvalue weighted by atomic mass is 16.3. The number of rotatable bonds is 7. The molecule has 0 aliphatic carbocycles. The molecule has 0 atom stereocenters. The summed E-state index contributed by atoms with van der Waals surface area (Å²) in [5.74, 6) is 0. The molecule has 0 saturated carbocycles. The summed E-state index contributed by atoms with van der Waals surface area (Å²) in [4.78, 5) is 7.11. The number of β-amino-alcohol motifs (C(OH)–C–C–N with tert-alkyl or cyclic N) is 2. The van der Waals surface area contributed by atoms with Crippen molar-refractivity contribution < 1.29 is 15.3 Å². The minimum Gasteiger partial charge on any atom is -0.396 e. The molecule has 156 valence electrons. The van der Waals surface area contributed by atoms with Crippen LogP contribution in [0.1, 0.15) is 26.7 Å². The van der Waals surface area contributed by atoms with Gasteiger partial charge in [-0.1, -0.05) is 13.8 Å². The van der Waals surface area contributed by atoms with E-state index in [9.17, 15) is 15.3 Å². The number of hydrogen-bond acceptors (Lipinski definition) is 7. The van der Waals surface area contributed by atoms with Gasteiger partial charge < -0.3 is 25.5 Å². The minimum absolute atomic E-state index is 0.109. The molecule has 1 aliphatic heterocycles. The molecule has 0 aromatic heterocycles. The molecule has 1 rings (SSSR count). The summed E-state index contributed by atoms with van der Waals surface area (Å²) < 4.78 is 0. The molecule has 4 N–H and O–H groups in total. The molecule has 0 radical (unpaired) electrons. The molecular formula is C19H42N4O3. The van der Waals surface area contributed by atoms with Gasteiger partial charge in [0.2, 0.25) is 0 Å². The van der Waals surface area contributed by atoms with Crippen molar-refractivity contribution in [1.82, 2.24) is 20.0 Å². The summed E-state index contributed by atoms with van der Waals surface area (Å²) in [7, 11) is 0. The van der Waals surface area contributed by atoms with E-state index in [1.165, 1.54) is 0 Å². The van der Waals surface area contributed by atoms with Crippen molar-refractivity contribution >= 4 is 0 Å². The molecule has 1 heterocycles. The third-order valence-electron chi connectivity index (χ3n) is 5.03. The highest BCUT2D eigenvalue weighted by molar-refractivity contribution is 4.75. The van der Waals surface area contributed by atoms with Gasteiger partial charge in [-0.25, -0.2) is 0 Å². The Hall–Kier alpha value is -0.280. The molecule has 0 bridgehead atoms. The van der Waals surface area contributed by atoms with Gasteiger partial charge in [0, 0.05) is 57.8 Å². The Morgan fingerprint density at radius 2 is 1.31 bits per heavy atom. The molecule has 0 spiro atoms. The maximum atomic E-state index is 9.64. The SMILES string of the molecule is CC(C)(CO)CN1CCCN(CCO)CCNCCCN(CCO)CC1. The van der Waals surface area contributed by atoms with Crippen LogP contribution in [0.5, 0.6) is 0 Å². The van der Waals surface area contributed by atoms with Gasteiger partial charge in [-0.3, -0.25) is 9.80 Å². The Kier molecular flexibility index (Phi) is 12.6. The number of aliphatic hydroxyl groups excluding tert-OH is 3. The fourth-order valence-corrected chi connectivity index (χ4v) is 3.47. The lowest BCUT2D eigenvalue weighted by atomic mass is 9.94. The van der Waals surface area contributed by atoms with Crippen LogP contribution in [0, 0.1) is 5.41 Å². The van der Waals surface area contributed by atoms with Crippen LogP contribution in [0.2, 0.25) is 0 Å². The average molecular weight is 375 g/mol. The first-order valence-electron chi connectivity index (χ1n) is 10.2. The molecule has 26 heavy (non-hydrogen) atoms. The molecule has 0 amide bonds. The van der Waals surface area contributed by atoms with Gasteiger partial charge >= 0.3 is 0 Å². The highest BCUT2D eigenvalue weighted by Gasteiger charge is 2.21. The maximum Gasteiger partial charge on any atom is 0.0558 e. The van der Waals surface area contributed by atoms with Crippen LogP contribution in [0.25, 0.3) is 0 Å². The molecule has 7 heteroatoms. The summed E-state index contributed by atoms with van der Waals surface area (Å²) in [6, 6.07) is 0. The molecule has 1 fully saturated rings. The van der Waals surface area contributed by atoms with Crippen LogP contribution < -0.4 is 5.32 Å². The van der Waals surface area contributed by atoms with E-state index >= 15 is 0 Å². The fraction of sp³-hybridized carbons (Fsp3) is 1.00. The van der Waals surface area contributed by atoms with Gasteiger partial charge in [0.05, 0.1) is 13.2 Å².